The summed E-state index contributed by atoms with van der Waals surface area (Å²) < 4.78 is 13.1. The number of carboxylic acid groups (broad SMARTS) is 1. The number of hydrogen-bond acceptors (Lipinski definition) is 7. The smallest absolute Gasteiger partial charge is 0.335 e. The van der Waals surface area contributed by atoms with Gasteiger partial charge in [-0.3, -0.25) is 9.59 Å². The maximum Gasteiger partial charge on any atom is 0.335 e. The number of carbonyl (C=O) groups excluding carboxylic acids is 2. The number of carbonyl (C=O) groups is 3. The lowest BCUT2D eigenvalue weighted by molar-refractivity contribution is -0.268. The van der Waals surface area contributed by atoms with Gasteiger partial charge in [0.2, 0.25) is 11.8 Å². The summed E-state index contributed by atoms with van der Waals surface area (Å²) in [7, 11) is 0. The molecular weight excluding hydrogens is 580 g/mol. The number of aromatic carboxylic acids is 1. The van der Waals surface area contributed by atoms with E-state index >= 15 is 0 Å². The van der Waals surface area contributed by atoms with Crippen LogP contribution in [0.5, 0.6) is 0 Å². The molecule has 44 heavy (non-hydrogen) atoms. The highest BCUT2D eigenvalue weighted by Crippen LogP contribution is 2.43. The van der Waals surface area contributed by atoms with Gasteiger partial charge in [-0.05, 0) is 60.4 Å². The Bertz CT molecular complexity index is 1400. The number of nitrogens with one attached hydrogen (secondary N) is 2. The third kappa shape index (κ3) is 9.65. The minimum absolute atomic E-state index is 0.00875. The summed E-state index contributed by atoms with van der Waals surface area (Å²) in [4.78, 5) is 35.8. The summed E-state index contributed by atoms with van der Waals surface area (Å²) in [6.07, 6.45) is 1.63. The summed E-state index contributed by atoms with van der Waals surface area (Å²) in [5.74, 6) is -0.475. The molecule has 4 atom stereocenters. The number of benzene rings is 3. The molecule has 0 saturated carbocycles. The Labute approximate surface area is 262 Å². The first-order valence-electron chi connectivity index (χ1n) is 14.8. The van der Waals surface area contributed by atoms with Crippen molar-refractivity contribution in [3.8, 4) is 0 Å². The molecule has 1 saturated heterocycles. The van der Waals surface area contributed by atoms with Gasteiger partial charge in [0.25, 0.3) is 0 Å². The molecule has 1 aliphatic heterocycles. The molecule has 1 fully saturated rings. The molecule has 0 radical (unpaired) electrons. The average Bonchev–Trinajstić information content (AvgIpc) is 3.02. The van der Waals surface area contributed by atoms with Crippen molar-refractivity contribution in [3.63, 3.8) is 0 Å². The van der Waals surface area contributed by atoms with E-state index in [0.717, 1.165) is 40.8 Å². The second-order valence-electron chi connectivity index (χ2n) is 10.9. The molecule has 1 heterocycles. The number of carboxylic acids is 1. The number of thioether (sulfide) groups is 1. The molecule has 9 nitrogen and oxygen atoms in total. The summed E-state index contributed by atoms with van der Waals surface area (Å²) in [6.45, 7) is 4.15. The van der Waals surface area contributed by atoms with E-state index in [4.69, 9.17) is 9.47 Å². The maximum absolute atomic E-state index is 12.6. The topological polar surface area (TPSA) is 134 Å². The van der Waals surface area contributed by atoms with E-state index in [1.54, 1.807) is 36.0 Å². The Morgan fingerprint density at radius 2 is 1.66 bits per heavy atom. The van der Waals surface area contributed by atoms with Gasteiger partial charge in [0.1, 0.15) is 0 Å². The largest absolute Gasteiger partial charge is 0.478 e. The lowest BCUT2D eigenvalue weighted by Crippen LogP contribution is -2.38. The lowest BCUT2D eigenvalue weighted by atomic mass is 9.91. The highest BCUT2D eigenvalue weighted by molar-refractivity contribution is 7.99. The molecule has 3 aromatic rings. The molecule has 1 aliphatic rings. The minimum atomic E-state index is -0.960. The van der Waals surface area contributed by atoms with Gasteiger partial charge in [-0.1, -0.05) is 49.7 Å². The van der Waals surface area contributed by atoms with Gasteiger partial charge in [0, 0.05) is 47.7 Å². The molecule has 0 bridgehead atoms. The van der Waals surface area contributed by atoms with Crippen LogP contribution in [0.1, 0.15) is 79.0 Å². The molecule has 4 N–H and O–H groups in total. The fourth-order valence-electron chi connectivity index (χ4n) is 5.02. The van der Waals surface area contributed by atoms with Crippen LogP contribution < -0.4 is 10.6 Å². The maximum atomic E-state index is 12.6. The zero-order valence-electron chi connectivity index (χ0n) is 25.0. The summed E-state index contributed by atoms with van der Waals surface area (Å²) >= 11 is 1.59. The molecule has 0 aliphatic carbocycles. The number of ether oxygens (including phenoxy) is 2. The molecule has 2 amide bonds. The third-order valence-electron chi connectivity index (χ3n) is 7.54. The van der Waals surface area contributed by atoms with Crippen LogP contribution in [0.25, 0.3) is 0 Å². The van der Waals surface area contributed by atoms with Crippen LogP contribution in [-0.2, 0) is 25.7 Å². The molecule has 4 rings (SSSR count). The zero-order valence-corrected chi connectivity index (χ0v) is 25.8. The van der Waals surface area contributed by atoms with Crippen molar-refractivity contribution in [1.29, 1.82) is 0 Å². The Kier molecular flexibility index (Phi) is 12.4. The van der Waals surface area contributed by atoms with Crippen molar-refractivity contribution in [1.82, 2.24) is 5.32 Å². The number of amides is 2. The number of hydrogen-bond donors (Lipinski definition) is 4. The quantitative estimate of drug-likeness (QED) is 0.126. The van der Waals surface area contributed by atoms with E-state index in [0.29, 0.717) is 24.4 Å². The first kappa shape index (κ1) is 33.2. The van der Waals surface area contributed by atoms with E-state index in [2.05, 4.69) is 17.6 Å². The number of rotatable bonds is 14. The standard InChI is InChI=1S/C34H40N2O7S/c1-22-30(21-44-29-16-14-26(15-17-29)33(40)41)42-34(43-32(22)25-12-10-24(20-37)11-13-25)27-7-6-8-28(19-27)36-31(39)9-4-3-5-18-35-23(2)38/h6-8,10-17,19,22,30,32,34,37H,3-5,9,18,20-21H2,1-2H3,(H,35,38)(H,36,39)(H,40,41). The predicted molar refractivity (Wildman–Crippen MR) is 169 cm³/mol. The lowest BCUT2D eigenvalue weighted by Gasteiger charge is -2.41. The van der Waals surface area contributed by atoms with Gasteiger partial charge in [-0.2, -0.15) is 0 Å². The molecule has 234 valence electrons. The fourth-order valence-corrected chi connectivity index (χ4v) is 6.09. The number of aliphatic hydroxyl groups excluding tert-OH is 1. The molecular formula is C34H40N2O7S. The van der Waals surface area contributed by atoms with Crippen molar-refractivity contribution < 1.29 is 34.1 Å². The second-order valence-corrected chi connectivity index (χ2v) is 12.0. The van der Waals surface area contributed by atoms with Crippen LogP contribution in [0, 0.1) is 5.92 Å². The third-order valence-corrected chi connectivity index (χ3v) is 8.64. The highest BCUT2D eigenvalue weighted by atomic mass is 32.2. The zero-order chi connectivity index (χ0) is 31.5. The first-order valence-corrected chi connectivity index (χ1v) is 15.8. The fraction of sp³-hybridized carbons (Fsp3) is 0.382. The summed E-state index contributed by atoms with van der Waals surface area (Å²) in [5, 5.41) is 24.5. The SMILES string of the molecule is CC(=O)NCCCCCC(=O)Nc1cccc(C2OC(CSc3ccc(C(=O)O)cc3)C(C)C(c3ccc(CO)cc3)O2)c1. The van der Waals surface area contributed by atoms with Crippen molar-refractivity contribution in [2.24, 2.45) is 5.92 Å². The molecule has 3 aromatic carbocycles. The van der Waals surface area contributed by atoms with Crippen molar-refractivity contribution in [2.75, 3.05) is 17.6 Å². The van der Waals surface area contributed by atoms with Gasteiger partial charge in [-0.15, -0.1) is 11.8 Å². The molecule has 10 heteroatoms. The van der Waals surface area contributed by atoms with Crippen LogP contribution in [0.4, 0.5) is 5.69 Å². The molecule has 0 aromatic heterocycles. The molecule has 4 unspecified atom stereocenters. The predicted octanol–water partition coefficient (Wildman–Crippen LogP) is 6.10. The van der Waals surface area contributed by atoms with E-state index in [1.807, 2.05) is 48.5 Å². The number of unbranched alkanes of at least 4 members (excludes halogenated alkanes) is 2. The van der Waals surface area contributed by atoms with Crippen molar-refractivity contribution >= 4 is 35.2 Å². The van der Waals surface area contributed by atoms with Crippen LogP contribution in [0.15, 0.2) is 77.7 Å². The van der Waals surface area contributed by atoms with Crippen molar-refractivity contribution in [2.45, 2.75) is 69.5 Å². The monoisotopic (exact) mass is 620 g/mol. The summed E-state index contributed by atoms with van der Waals surface area (Å²) in [5.41, 5.74) is 3.47. The van der Waals surface area contributed by atoms with E-state index in [9.17, 15) is 24.6 Å². The average molecular weight is 621 g/mol. The van der Waals surface area contributed by atoms with E-state index in [-0.39, 0.29) is 42.1 Å². The Hall–Kier alpha value is -3.70. The highest BCUT2D eigenvalue weighted by Gasteiger charge is 2.38. The van der Waals surface area contributed by atoms with Gasteiger partial charge in [0.15, 0.2) is 6.29 Å². The van der Waals surface area contributed by atoms with Gasteiger partial charge in [-0.25, -0.2) is 4.79 Å². The summed E-state index contributed by atoms with van der Waals surface area (Å²) in [6, 6.07) is 22.0. The normalized spacial score (nSPS) is 19.7. The van der Waals surface area contributed by atoms with E-state index < -0.39 is 12.3 Å². The first-order chi connectivity index (χ1) is 21.2. The number of anilines is 1. The van der Waals surface area contributed by atoms with E-state index in [1.165, 1.54) is 6.92 Å². The van der Waals surface area contributed by atoms with Crippen LogP contribution in [-0.4, -0.2) is 46.4 Å². The Morgan fingerprint density at radius 3 is 2.34 bits per heavy atom. The van der Waals surface area contributed by atoms with Gasteiger partial charge in [0.05, 0.1) is 24.4 Å². The minimum Gasteiger partial charge on any atom is -0.478 e. The second kappa shape index (κ2) is 16.4. The van der Waals surface area contributed by atoms with Crippen LogP contribution in [0.3, 0.4) is 0 Å². The van der Waals surface area contributed by atoms with Gasteiger partial charge < -0.3 is 30.3 Å². The Morgan fingerprint density at radius 1 is 0.909 bits per heavy atom. The molecule has 0 spiro atoms. The van der Waals surface area contributed by atoms with Crippen LogP contribution >= 0.6 is 11.8 Å². The number of aliphatic hydroxyl groups is 1. The van der Waals surface area contributed by atoms with Crippen LogP contribution in [0.2, 0.25) is 0 Å². The Balaban J connectivity index is 1.44. The van der Waals surface area contributed by atoms with Gasteiger partial charge >= 0.3 is 5.97 Å². The van der Waals surface area contributed by atoms with Crippen molar-refractivity contribution in [3.05, 3.63) is 95.1 Å².